The molecule has 3 heterocycles. The van der Waals surface area contributed by atoms with Gasteiger partial charge in [-0.05, 0) is 82.3 Å². The van der Waals surface area contributed by atoms with Crippen molar-refractivity contribution in [1.29, 1.82) is 5.26 Å². The third-order valence-corrected chi connectivity index (χ3v) is 9.98. The van der Waals surface area contributed by atoms with Crippen molar-refractivity contribution in [3.8, 4) is 11.9 Å². The van der Waals surface area contributed by atoms with Crippen molar-refractivity contribution < 1.29 is 59.3 Å². The zero-order valence-electron chi connectivity index (χ0n) is 32.8. The summed E-state index contributed by atoms with van der Waals surface area (Å²) < 4.78 is 115. The number of carbonyl (C=O) groups excluding carboxylic acids is 3. The lowest BCUT2D eigenvalue weighted by atomic mass is 9.85. The highest BCUT2D eigenvalue weighted by molar-refractivity contribution is 7.81. The number of carbonyl (C=O) groups is 3. The van der Waals surface area contributed by atoms with Crippen LogP contribution in [0.2, 0.25) is 0 Å². The minimum absolute atomic E-state index is 0.0735. The maximum atomic E-state index is 15.3. The van der Waals surface area contributed by atoms with Crippen molar-refractivity contribution in [1.82, 2.24) is 15.2 Å². The van der Waals surface area contributed by atoms with Crippen molar-refractivity contribution in [3.05, 3.63) is 46.9 Å². The number of alkyl halides is 6. The SMILES string of the molecule is CC1CCCN1C(=O)C(NC(=O)COCCOCCCCOc1ncc(N2C(=S)N(c3ccc(C#N)c(C(F)(F)F)c3F)C(=O)C2(C)C)cc1C(F)(F)F)C(C)(C)C. The molecule has 1 aromatic carbocycles. The molecule has 2 aliphatic heterocycles. The molecule has 2 fully saturated rings. The first-order valence-electron chi connectivity index (χ1n) is 18.4. The lowest BCUT2D eigenvalue weighted by molar-refractivity contribution is -0.141. The number of likely N-dealkylation sites (tertiary alicyclic amines) is 1. The highest BCUT2D eigenvalue weighted by atomic mass is 32.1. The zero-order chi connectivity index (χ0) is 43.4. The monoisotopic (exact) mass is 846 g/mol. The molecule has 1 N–H and O–H groups in total. The number of benzene rings is 1. The van der Waals surface area contributed by atoms with Crippen LogP contribution < -0.4 is 19.9 Å². The van der Waals surface area contributed by atoms with Gasteiger partial charge in [-0.25, -0.2) is 9.37 Å². The first kappa shape index (κ1) is 46.1. The first-order chi connectivity index (χ1) is 26.9. The van der Waals surface area contributed by atoms with Crippen LogP contribution in [-0.2, 0) is 36.2 Å². The van der Waals surface area contributed by atoms with Gasteiger partial charge in [-0.3, -0.25) is 19.3 Å². The van der Waals surface area contributed by atoms with Crippen LogP contribution in [0.5, 0.6) is 5.88 Å². The van der Waals surface area contributed by atoms with E-state index in [9.17, 15) is 40.7 Å². The lowest BCUT2D eigenvalue weighted by Gasteiger charge is -2.35. The van der Waals surface area contributed by atoms with E-state index in [0.29, 0.717) is 30.0 Å². The molecule has 20 heteroatoms. The molecule has 2 atom stereocenters. The Labute approximate surface area is 336 Å². The number of rotatable bonds is 15. The van der Waals surface area contributed by atoms with E-state index in [4.69, 9.17) is 31.7 Å². The highest BCUT2D eigenvalue weighted by Gasteiger charge is 2.53. The van der Waals surface area contributed by atoms with Crippen molar-refractivity contribution in [2.45, 2.75) is 97.2 Å². The Bertz CT molecular complexity index is 1910. The van der Waals surface area contributed by atoms with Gasteiger partial charge in [0.15, 0.2) is 10.9 Å². The second-order valence-electron chi connectivity index (χ2n) is 15.4. The van der Waals surface area contributed by atoms with E-state index in [0.717, 1.165) is 30.0 Å². The average Bonchev–Trinajstić information content (AvgIpc) is 3.62. The van der Waals surface area contributed by atoms with Gasteiger partial charge in [-0.2, -0.15) is 31.6 Å². The van der Waals surface area contributed by atoms with Gasteiger partial charge in [0.2, 0.25) is 17.7 Å². The van der Waals surface area contributed by atoms with Gasteiger partial charge in [0, 0.05) is 19.2 Å². The molecule has 0 radical (unpaired) electrons. The molecule has 1 aromatic heterocycles. The molecule has 0 saturated carbocycles. The molecule has 318 valence electrons. The Hall–Kier alpha value is -4.61. The number of nitriles is 1. The number of pyridine rings is 1. The minimum Gasteiger partial charge on any atom is -0.477 e. The molecular formula is C38H45F7N6O6S. The van der Waals surface area contributed by atoms with E-state index in [1.165, 1.54) is 19.9 Å². The van der Waals surface area contributed by atoms with Crippen LogP contribution in [0.4, 0.5) is 42.1 Å². The fourth-order valence-corrected chi connectivity index (χ4v) is 7.08. The number of thiocarbonyl (C=S) groups is 1. The van der Waals surface area contributed by atoms with E-state index in [-0.39, 0.29) is 57.1 Å². The molecule has 12 nitrogen and oxygen atoms in total. The number of anilines is 2. The Morgan fingerprint density at radius 1 is 1.05 bits per heavy atom. The van der Waals surface area contributed by atoms with Crippen molar-refractivity contribution in [2.75, 3.05) is 49.4 Å². The Morgan fingerprint density at radius 2 is 1.71 bits per heavy atom. The van der Waals surface area contributed by atoms with Gasteiger partial charge in [-0.1, -0.05) is 20.8 Å². The molecule has 0 aliphatic carbocycles. The van der Waals surface area contributed by atoms with Crippen LogP contribution in [-0.4, -0.2) is 89.9 Å². The summed E-state index contributed by atoms with van der Waals surface area (Å²) in [5.74, 6) is -4.36. The zero-order valence-corrected chi connectivity index (χ0v) is 33.6. The molecular weight excluding hydrogens is 802 g/mol. The number of ether oxygens (including phenoxy) is 3. The number of unbranched alkanes of at least 4 members (excludes halogenated alkanes) is 1. The lowest BCUT2D eigenvalue weighted by Crippen LogP contribution is -2.56. The van der Waals surface area contributed by atoms with E-state index >= 15 is 4.39 Å². The molecule has 0 bridgehead atoms. The second kappa shape index (κ2) is 18.1. The normalized spacial score (nSPS) is 17.8. The van der Waals surface area contributed by atoms with Crippen molar-refractivity contribution in [3.63, 3.8) is 0 Å². The van der Waals surface area contributed by atoms with Crippen LogP contribution in [0.3, 0.4) is 0 Å². The largest absolute Gasteiger partial charge is 0.477 e. The maximum absolute atomic E-state index is 15.3. The molecule has 2 saturated heterocycles. The predicted octanol–water partition coefficient (Wildman–Crippen LogP) is 6.78. The summed E-state index contributed by atoms with van der Waals surface area (Å²) in [6.07, 6.45) is -6.94. The molecule has 58 heavy (non-hydrogen) atoms. The van der Waals surface area contributed by atoms with Crippen LogP contribution in [0.1, 0.15) is 83.9 Å². The minimum atomic E-state index is -5.32. The van der Waals surface area contributed by atoms with E-state index in [1.54, 1.807) is 4.90 Å². The average molecular weight is 847 g/mol. The van der Waals surface area contributed by atoms with Gasteiger partial charge in [0.05, 0.1) is 49.0 Å². The Balaban J connectivity index is 1.29. The maximum Gasteiger partial charge on any atom is 0.421 e. The fraction of sp³-hybridized carbons (Fsp3) is 0.579. The van der Waals surface area contributed by atoms with Crippen LogP contribution in [0.25, 0.3) is 0 Å². The van der Waals surface area contributed by atoms with Gasteiger partial charge in [0.25, 0.3) is 5.91 Å². The topological polar surface area (TPSA) is 137 Å². The van der Waals surface area contributed by atoms with Gasteiger partial charge >= 0.3 is 12.4 Å². The Kier molecular flexibility index (Phi) is 14.4. The van der Waals surface area contributed by atoms with Gasteiger partial charge < -0.3 is 29.3 Å². The van der Waals surface area contributed by atoms with Gasteiger partial charge in [-0.15, -0.1) is 0 Å². The van der Waals surface area contributed by atoms with Crippen molar-refractivity contribution in [2.24, 2.45) is 5.41 Å². The summed E-state index contributed by atoms with van der Waals surface area (Å²) in [7, 11) is 0. The molecule has 4 rings (SSSR count). The molecule has 2 unspecified atom stereocenters. The summed E-state index contributed by atoms with van der Waals surface area (Å²) in [4.78, 5) is 46.1. The summed E-state index contributed by atoms with van der Waals surface area (Å²) >= 11 is 5.32. The summed E-state index contributed by atoms with van der Waals surface area (Å²) in [5.41, 5.74) is -7.95. The van der Waals surface area contributed by atoms with E-state index < -0.39 is 80.4 Å². The second-order valence-corrected chi connectivity index (χ2v) is 15.8. The van der Waals surface area contributed by atoms with Crippen LogP contribution in [0, 0.1) is 22.6 Å². The number of nitrogens with one attached hydrogen (secondary N) is 1. The molecule has 3 amide bonds. The van der Waals surface area contributed by atoms with E-state index in [2.05, 4.69) is 10.3 Å². The van der Waals surface area contributed by atoms with Gasteiger partial charge in [0.1, 0.15) is 29.3 Å². The summed E-state index contributed by atoms with van der Waals surface area (Å²) in [5, 5.41) is 11.3. The highest BCUT2D eigenvalue weighted by Crippen LogP contribution is 2.44. The molecule has 2 aliphatic rings. The Morgan fingerprint density at radius 3 is 2.29 bits per heavy atom. The molecule has 2 aromatic rings. The number of amides is 3. The number of aromatic nitrogens is 1. The number of hydrogen-bond donors (Lipinski definition) is 1. The number of halogens is 7. The van der Waals surface area contributed by atoms with Crippen molar-refractivity contribution >= 4 is 46.4 Å². The first-order valence-corrected chi connectivity index (χ1v) is 18.8. The molecule has 0 spiro atoms. The number of hydrogen-bond acceptors (Lipinski definition) is 9. The summed E-state index contributed by atoms with van der Waals surface area (Å²) in [6, 6.07) is 2.67. The standard InChI is InChI=1S/C38H45F7N6O6S/c1-22-10-9-13-49(22)32(53)30(35(2,3)4)48-27(52)21-56-17-16-55-14-7-8-15-57-31-25(37(40,41)42)18-24(20-47-31)51-34(58)50(33(54)36(51,5)6)26-12-11-23(19-46)28(29(26)39)38(43,44)45/h11-12,18,20,22,30H,7-10,13-17,21H2,1-6H3,(H,48,52). The third kappa shape index (κ3) is 10.3. The van der Waals surface area contributed by atoms with Crippen LogP contribution >= 0.6 is 12.2 Å². The predicted molar refractivity (Wildman–Crippen MR) is 200 cm³/mol. The third-order valence-electron chi connectivity index (χ3n) is 9.62. The quantitative estimate of drug-likeness (QED) is 0.116. The summed E-state index contributed by atoms with van der Waals surface area (Å²) in [6.45, 7) is 10.6. The van der Waals surface area contributed by atoms with E-state index in [1.807, 2.05) is 27.7 Å². The number of nitrogens with zero attached hydrogens (tertiary/aromatic N) is 5. The smallest absolute Gasteiger partial charge is 0.421 e. The fourth-order valence-electron chi connectivity index (χ4n) is 6.57. The van der Waals surface area contributed by atoms with Crippen LogP contribution in [0.15, 0.2) is 24.4 Å².